The van der Waals surface area contributed by atoms with Crippen molar-refractivity contribution in [3.8, 4) is 0 Å². The zero-order valence-electron chi connectivity index (χ0n) is 11.5. The van der Waals surface area contributed by atoms with Crippen LogP contribution >= 0.6 is 0 Å². The van der Waals surface area contributed by atoms with Crippen LogP contribution in [0, 0.1) is 0 Å². The van der Waals surface area contributed by atoms with Gasteiger partial charge in [0.25, 0.3) is 0 Å². The Balaban J connectivity index is -0.00000180. The van der Waals surface area contributed by atoms with Crippen molar-refractivity contribution in [3.05, 3.63) is 0 Å². The van der Waals surface area contributed by atoms with Crippen LogP contribution in [0.5, 0.6) is 0 Å². The fourth-order valence-electron chi connectivity index (χ4n) is 1.34. The average molecular weight is 365 g/mol. The molecule has 0 unspecified atom stereocenters. The van der Waals surface area contributed by atoms with E-state index in [1.165, 1.54) is 0 Å². The molecule has 0 saturated carbocycles. The molecule has 22 heavy (non-hydrogen) atoms. The van der Waals surface area contributed by atoms with Crippen LogP contribution in [0.3, 0.4) is 0 Å². The van der Waals surface area contributed by atoms with E-state index in [0.29, 0.717) is 0 Å². The van der Waals surface area contributed by atoms with Gasteiger partial charge in [0.15, 0.2) is 0 Å². The first-order chi connectivity index (χ1) is 9.23. The summed E-state index contributed by atoms with van der Waals surface area (Å²) in [6, 6.07) is -2.59. The molecule has 128 valence electrons. The predicted octanol–water partition coefficient (Wildman–Crippen LogP) is -1.82. The maximum absolute atomic E-state index is 10.7. The molecule has 0 amide bonds. The van der Waals surface area contributed by atoms with Crippen LogP contribution in [0.25, 0.3) is 0 Å². The Kier molecular flexibility index (Phi) is 14.9. The maximum Gasteiger partial charge on any atom is 2.00 e. The number of carboxylic acids is 4. The molecule has 0 aliphatic rings. The maximum atomic E-state index is 10.7. The van der Waals surface area contributed by atoms with E-state index in [4.69, 9.17) is 20.4 Å². The van der Waals surface area contributed by atoms with Gasteiger partial charge in [0, 0.05) is 13.1 Å². The molecule has 0 saturated heterocycles. The quantitative estimate of drug-likeness (QED) is 0.160. The van der Waals surface area contributed by atoms with Crippen molar-refractivity contribution in [2.45, 2.75) is 24.9 Å². The van der Waals surface area contributed by atoms with Gasteiger partial charge >= 0.3 is 40.9 Å². The first-order valence-corrected chi connectivity index (χ1v) is 5.60. The fourth-order valence-corrected chi connectivity index (χ4v) is 1.34. The zero-order valence-corrected chi connectivity index (χ0v) is 12.6. The Bertz CT molecular complexity index is 356. The standard InChI is InChI=1S/C10H16N2O8.Fe.H3N/c13-7(14)3-5(9(17)18)11-1-2-12-6(10(19)20)4-8(15)16;;/h5-6,11-12H,1-4H2,(H,13,14)(H,15,16)(H,17,18)(H,19,20);;1H3/q;+2;/t5-,6-;;/m0../s1. The van der Waals surface area contributed by atoms with Gasteiger partial charge in [-0.3, -0.25) is 19.2 Å². The SMILES string of the molecule is N.O=C(O)C[C@H](NCCN[C@@H](CC(=O)O)C(=O)O)C(=O)O.[Fe+2]. The van der Waals surface area contributed by atoms with E-state index in [2.05, 4.69) is 10.6 Å². The zero-order chi connectivity index (χ0) is 15.7. The Morgan fingerprint density at radius 2 is 1.00 bits per heavy atom. The van der Waals surface area contributed by atoms with Crippen LogP contribution in [0.15, 0.2) is 0 Å². The molecule has 0 spiro atoms. The third kappa shape index (κ3) is 12.1. The first kappa shape index (κ1) is 25.2. The fraction of sp³-hybridized carbons (Fsp3) is 0.600. The Morgan fingerprint density at radius 3 is 1.18 bits per heavy atom. The minimum Gasteiger partial charge on any atom is -0.481 e. The van der Waals surface area contributed by atoms with Crippen LogP contribution in [0.2, 0.25) is 0 Å². The van der Waals surface area contributed by atoms with E-state index in [-0.39, 0.29) is 36.3 Å². The number of carbonyl (C=O) groups is 4. The van der Waals surface area contributed by atoms with E-state index in [0.717, 1.165) is 0 Å². The van der Waals surface area contributed by atoms with Gasteiger partial charge < -0.3 is 37.2 Å². The van der Waals surface area contributed by atoms with Crippen LogP contribution in [0.4, 0.5) is 0 Å². The molecule has 0 radical (unpaired) electrons. The van der Waals surface area contributed by atoms with E-state index in [1.54, 1.807) is 0 Å². The summed E-state index contributed by atoms with van der Waals surface area (Å²) in [6.07, 6.45) is -1.24. The molecule has 0 aromatic rings. The minimum absolute atomic E-state index is 0. The summed E-state index contributed by atoms with van der Waals surface area (Å²) in [4.78, 5) is 42.2. The van der Waals surface area contributed by atoms with E-state index < -0.39 is 48.8 Å². The molecule has 0 aliphatic carbocycles. The molecule has 0 aromatic carbocycles. The van der Waals surface area contributed by atoms with Gasteiger partial charge in [-0.05, 0) is 0 Å². The van der Waals surface area contributed by atoms with Gasteiger partial charge in [-0.25, -0.2) is 0 Å². The monoisotopic (exact) mass is 365 g/mol. The van der Waals surface area contributed by atoms with E-state index in [9.17, 15) is 19.2 Å². The van der Waals surface area contributed by atoms with Gasteiger partial charge in [0.2, 0.25) is 0 Å². The van der Waals surface area contributed by atoms with Gasteiger partial charge in [-0.2, -0.15) is 0 Å². The summed E-state index contributed by atoms with van der Waals surface area (Å²) in [5.74, 6) is -5.25. The number of rotatable bonds is 11. The number of hydrogen-bond acceptors (Lipinski definition) is 7. The molecule has 11 nitrogen and oxygen atoms in total. The normalized spacial score (nSPS) is 12.2. The van der Waals surface area contributed by atoms with Crippen molar-refractivity contribution in [1.29, 1.82) is 0 Å². The van der Waals surface area contributed by atoms with Crippen molar-refractivity contribution in [3.63, 3.8) is 0 Å². The minimum atomic E-state index is -1.34. The number of hydrogen-bond donors (Lipinski definition) is 7. The number of aliphatic carboxylic acids is 4. The summed E-state index contributed by atoms with van der Waals surface area (Å²) in [5, 5.41) is 39.2. The second-order valence-corrected chi connectivity index (χ2v) is 3.89. The molecule has 0 heterocycles. The summed E-state index contributed by atoms with van der Waals surface area (Å²) in [7, 11) is 0. The molecular formula is C10H19FeN3O8+2. The average Bonchev–Trinajstić information content (AvgIpc) is 2.29. The predicted molar refractivity (Wildman–Crippen MR) is 68.4 cm³/mol. The molecule has 12 heteroatoms. The molecule has 2 atom stereocenters. The van der Waals surface area contributed by atoms with Crippen LogP contribution in [-0.2, 0) is 36.2 Å². The van der Waals surface area contributed by atoms with Crippen molar-refractivity contribution in [2.75, 3.05) is 13.1 Å². The molecule has 0 aliphatic heterocycles. The topological polar surface area (TPSA) is 208 Å². The van der Waals surface area contributed by atoms with Gasteiger partial charge in [0.1, 0.15) is 12.1 Å². The summed E-state index contributed by atoms with van der Waals surface area (Å²) >= 11 is 0. The number of carboxylic acid groups (broad SMARTS) is 4. The van der Waals surface area contributed by atoms with Crippen molar-refractivity contribution >= 4 is 23.9 Å². The van der Waals surface area contributed by atoms with Gasteiger partial charge in [0.05, 0.1) is 12.8 Å². The molecule has 9 N–H and O–H groups in total. The smallest absolute Gasteiger partial charge is 0.481 e. The third-order valence-corrected chi connectivity index (χ3v) is 2.26. The Morgan fingerprint density at radius 1 is 0.727 bits per heavy atom. The molecule has 0 bridgehead atoms. The second-order valence-electron chi connectivity index (χ2n) is 3.89. The molecule has 0 fully saturated rings. The van der Waals surface area contributed by atoms with E-state index >= 15 is 0 Å². The van der Waals surface area contributed by atoms with Crippen LogP contribution in [0.1, 0.15) is 12.8 Å². The third-order valence-electron chi connectivity index (χ3n) is 2.26. The summed E-state index contributed by atoms with van der Waals surface area (Å²) in [5.41, 5.74) is 0. The summed E-state index contributed by atoms with van der Waals surface area (Å²) < 4.78 is 0. The molecular weight excluding hydrogens is 346 g/mol. The Hall–Kier alpha value is -1.72. The van der Waals surface area contributed by atoms with Crippen LogP contribution < -0.4 is 16.8 Å². The molecule has 0 rings (SSSR count). The summed E-state index contributed by atoms with van der Waals surface area (Å²) in [6.45, 7) is -0.0404. The first-order valence-electron chi connectivity index (χ1n) is 5.60. The Labute approximate surface area is 136 Å². The van der Waals surface area contributed by atoms with Crippen LogP contribution in [-0.4, -0.2) is 69.5 Å². The second kappa shape index (κ2) is 13.0. The van der Waals surface area contributed by atoms with Crippen molar-refractivity contribution in [2.24, 2.45) is 0 Å². The molecule has 0 aromatic heterocycles. The largest absolute Gasteiger partial charge is 2.00 e. The van der Waals surface area contributed by atoms with Crippen molar-refractivity contribution in [1.82, 2.24) is 16.8 Å². The van der Waals surface area contributed by atoms with Gasteiger partial charge in [-0.15, -0.1) is 0 Å². The van der Waals surface area contributed by atoms with E-state index in [1.807, 2.05) is 0 Å². The van der Waals surface area contributed by atoms with Crippen molar-refractivity contribution < 1.29 is 56.7 Å². The van der Waals surface area contributed by atoms with Gasteiger partial charge in [-0.1, -0.05) is 0 Å². The number of nitrogens with one attached hydrogen (secondary N) is 2.